The molecule has 1 atom stereocenters. The zero-order valence-electron chi connectivity index (χ0n) is 15.0. The predicted molar refractivity (Wildman–Crippen MR) is 95.3 cm³/mol. The SMILES string of the molecule is COc1cc([N+]#N)c(OC)cc1N=[NH+]C(C(C)=O)C([O-])=Nc1ccccc1. The number of carbonyl (C=O) groups excluding carboxylic acids is 1. The number of nitrogens with zero attached hydrogens (tertiary/aromatic N) is 4. The number of diazo groups is 1. The smallest absolute Gasteiger partial charge is 0.430 e. The highest BCUT2D eigenvalue weighted by Gasteiger charge is 2.23. The number of aliphatic imine (C=N–C) groups is 1. The fourth-order valence-electron chi connectivity index (χ4n) is 2.18. The summed E-state index contributed by atoms with van der Waals surface area (Å²) in [4.78, 5) is 18.9. The number of azo groups is 1. The lowest BCUT2D eigenvalue weighted by Crippen LogP contribution is -2.80. The molecule has 0 saturated carbocycles. The number of methoxy groups -OCH3 is 2. The summed E-state index contributed by atoms with van der Waals surface area (Å²) in [6.07, 6.45) is 0. The second-order valence-electron chi connectivity index (χ2n) is 5.37. The second kappa shape index (κ2) is 9.05. The van der Waals surface area contributed by atoms with Gasteiger partial charge in [0.15, 0.2) is 16.4 Å². The number of para-hydroxylation sites is 1. The zero-order chi connectivity index (χ0) is 19.8. The highest BCUT2D eigenvalue weighted by molar-refractivity contribution is 6.01. The third-order valence-corrected chi connectivity index (χ3v) is 3.55. The van der Waals surface area contributed by atoms with E-state index < -0.39 is 17.7 Å². The maximum Gasteiger partial charge on any atom is 0.430 e. The number of Topliss-reactive ketones (excluding diaryl/α,β-unsaturated/α-hetero) is 1. The van der Waals surface area contributed by atoms with Crippen LogP contribution in [0.3, 0.4) is 0 Å². The molecule has 0 amide bonds. The van der Waals surface area contributed by atoms with Crippen LogP contribution in [0.25, 0.3) is 4.98 Å². The van der Waals surface area contributed by atoms with E-state index in [0.29, 0.717) is 5.69 Å². The normalized spacial score (nSPS) is 12.4. The Morgan fingerprint density at radius 1 is 1.19 bits per heavy atom. The molecule has 27 heavy (non-hydrogen) atoms. The molecule has 2 aromatic rings. The molecule has 9 heteroatoms. The summed E-state index contributed by atoms with van der Waals surface area (Å²) in [5, 5.41) is 27.9. The van der Waals surface area contributed by atoms with Crippen LogP contribution in [0.5, 0.6) is 11.5 Å². The van der Waals surface area contributed by atoms with Crippen molar-refractivity contribution in [2.45, 2.75) is 13.0 Å². The molecule has 0 saturated heterocycles. The first-order valence-corrected chi connectivity index (χ1v) is 7.88. The van der Waals surface area contributed by atoms with Gasteiger partial charge in [-0.15, -0.1) is 5.11 Å². The lowest BCUT2D eigenvalue weighted by atomic mass is 10.2. The molecule has 1 N–H and O–H groups in total. The first-order valence-electron chi connectivity index (χ1n) is 7.88. The van der Waals surface area contributed by atoms with Crippen LogP contribution in [-0.2, 0) is 4.79 Å². The molecule has 0 radical (unpaired) electrons. The lowest BCUT2D eigenvalue weighted by Gasteiger charge is -2.11. The van der Waals surface area contributed by atoms with Crippen LogP contribution in [0.2, 0.25) is 0 Å². The molecular weight excluding hydrogens is 350 g/mol. The maximum absolute atomic E-state index is 12.3. The molecule has 2 aromatic carbocycles. The monoisotopic (exact) mass is 368 g/mol. The van der Waals surface area contributed by atoms with Gasteiger partial charge in [0.25, 0.3) is 6.04 Å². The lowest BCUT2D eigenvalue weighted by molar-refractivity contribution is -0.545. The van der Waals surface area contributed by atoms with E-state index in [1.165, 1.54) is 33.3 Å². The van der Waals surface area contributed by atoms with E-state index in [-0.39, 0.29) is 22.9 Å². The summed E-state index contributed by atoms with van der Waals surface area (Å²) in [5.74, 6) is -0.633. The molecule has 0 fully saturated rings. The fraction of sp³-hybridized carbons (Fsp3) is 0.222. The van der Waals surface area contributed by atoms with Crippen LogP contribution < -0.4 is 19.7 Å². The molecular formula is C18H18N5O4+. The van der Waals surface area contributed by atoms with E-state index in [0.717, 1.165) is 0 Å². The largest absolute Gasteiger partial charge is 0.857 e. The molecule has 0 aliphatic rings. The predicted octanol–water partition coefficient (Wildman–Crippen LogP) is 1.40. The Hall–Kier alpha value is -3.80. The minimum absolute atomic E-state index is 0.145. The standard InChI is InChI=1S/C18H17N5O4/c1-11(24)17(18(25)20-12-7-5-4-6-8-12)23-22-14-10-15(26-2)13(21-19)9-16(14)27-3/h4-10,17H,1-3H3/p+1. The summed E-state index contributed by atoms with van der Waals surface area (Å²) in [6, 6.07) is 10.1. The van der Waals surface area contributed by atoms with E-state index in [1.807, 2.05) is 0 Å². The van der Waals surface area contributed by atoms with Gasteiger partial charge in [-0.1, -0.05) is 18.2 Å². The highest BCUT2D eigenvalue weighted by Crippen LogP contribution is 2.39. The quantitative estimate of drug-likeness (QED) is 0.342. The van der Waals surface area contributed by atoms with Crippen molar-refractivity contribution in [1.82, 2.24) is 0 Å². The average molecular weight is 368 g/mol. The summed E-state index contributed by atoms with van der Waals surface area (Å²) in [5.41, 5.74) is 0.829. The number of ketones is 1. The first-order chi connectivity index (χ1) is 13.0. The molecule has 0 aromatic heterocycles. The highest BCUT2D eigenvalue weighted by atomic mass is 16.5. The van der Waals surface area contributed by atoms with Gasteiger partial charge in [0, 0.05) is 18.9 Å². The molecule has 0 spiro atoms. The van der Waals surface area contributed by atoms with Crippen molar-refractivity contribution in [3.63, 3.8) is 0 Å². The van der Waals surface area contributed by atoms with Crippen LogP contribution in [-0.4, -0.2) is 31.9 Å². The molecule has 0 bridgehead atoms. The van der Waals surface area contributed by atoms with Gasteiger partial charge in [0.2, 0.25) is 16.9 Å². The first kappa shape index (κ1) is 19.5. The van der Waals surface area contributed by atoms with Gasteiger partial charge in [0.05, 0.1) is 26.0 Å². The number of carbonyl (C=O) groups is 1. The van der Waals surface area contributed by atoms with Crippen LogP contribution >= 0.6 is 0 Å². The van der Waals surface area contributed by atoms with Crippen molar-refractivity contribution < 1.29 is 24.5 Å². The third-order valence-electron chi connectivity index (χ3n) is 3.55. The van der Waals surface area contributed by atoms with Crippen LogP contribution in [0.1, 0.15) is 6.92 Å². The van der Waals surface area contributed by atoms with Gasteiger partial charge in [-0.3, -0.25) is 9.79 Å². The number of nitrogens with one attached hydrogen (secondary N) is 1. The van der Waals surface area contributed by atoms with E-state index in [1.54, 1.807) is 30.3 Å². The Morgan fingerprint density at radius 3 is 2.41 bits per heavy atom. The van der Waals surface area contributed by atoms with E-state index >= 15 is 0 Å². The van der Waals surface area contributed by atoms with Crippen molar-refractivity contribution in [3.05, 3.63) is 47.4 Å². The topological polar surface area (TPSA) is 125 Å². The Balaban J connectivity index is 2.39. The Labute approximate surface area is 155 Å². The third kappa shape index (κ3) is 4.85. The molecule has 0 aliphatic carbocycles. The van der Waals surface area contributed by atoms with E-state index in [9.17, 15) is 9.90 Å². The van der Waals surface area contributed by atoms with Gasteiger partial charge < -0.3 is 14.6 Å². The summed E-state index contributed by atoms with van der Waals surface area (Å²) in [6.45, 7) is 1.26. The zero-order valence-corrected chi connectivity index (χ0v) is 15.0. The number of ether oxygens (including phenoxy) is 2. The Morgan fingerprint density at radius 2 is 1.85 bits per heavy atom. The van der Waals surface area contributed by atoms with Gasteiger partial charge in [-0.25, -0.2) is 0 Å². The number of hydrogen-bond donors (Lipinski definition) is 1. The molecule has 138 valence electrons. The van der Waals surface area contributed by atoms with Gasteiger partial charge >= 0.3 is 5.69 Å². The van der Waals surface area contributed by atoms with Crippen molar-refractivity contribution in [3.8, 4) is 11.5 Å². The van der Waals surface area contributed by atoms with Gasteiger partial charge in [-0.05, 0) is 17.2 Å². The Bertz CT molecular complexity index is 919. The summed E-state index contributed by atoms with van der Waals surface area (Å²) in [7, 11) is 2.80. The van der Waals surface area contributed by atoms with E-state index in [4.69, 9.17) is 14.9 Å². The molecule has 1 unspecified atom stereocenters. The molecule has 0 heterocycles. The average Bonchev–Trinajstić information content (AvgIpc) is 2.68. The number of benzene rings is 2. The number of hydrogen-bond acceptors (Lipinski definition) is 7. The maximum atomic E-state index is 12.3. The van der Waals surface area contributed by atoms with Crippen LogP contribution in [0.15, 0.2) is 52.6 Å². The van der Waals surface area contributed by atoms with Crippen molar-refractivity contribution in [2.24, 2.45) is 10.1 Å². The fourth-order valence-corrected chi connectivity index (χ4v) is 2.18. The molecule has 9 nitrogen and oxygen atoms in total. The van der Waals surface area contributed by atoms with Gasteiger partial charge in [0.1, 0.15) is 0 Å². The molecule has 2 rings (SSSR count). The van der Waals surface area contributed by atoms with Crippen molar-refractivity contribution >= 4 is 28.7 Å². The van der Waals surface area contributed by atoms with Crippen molar-refractivity contribution in [2.75, 3.05) is 14.2 Å². The van der Waals surface area contributed by atoms with Crippen LogP contribution in [0.4, 0.5) is 17.1 Å². The second-order valence-corrected chi connectivity index (χ2v) is 5.37. The van der Waals surface area contributed by atoms with E-state index in [2.05, 4.69) is 20.2 Å². The van der Waals surface area contributed by atoms with Gasteiger partial charge in [-0.2, -0.15) is 0 Å². The molecule has 0 aliphatic heterocycles. The van der Waals surface area contributed by atoms with Crippen molar-refractivity contribution in [1.29, 1.82) is 5.39 Å². The summed E-state index contributed by atoms with van der Waals surface area (Å²) >= 11 is 0. The number of rotatable bonds is 7. The minimum atomic E-state index is -1.26. The van der Waals surface area contributed by atoms with Crippen LogP contribution in [0, 0.1) is 5.39 Å². The summed E-state index contributed by atoms with van der Waals surface area (Å²) < 4.78 is 10.3. The minimum Gasteiger partial charge on any atom is -0.857 e. The Kier molecular flexibility index (Phi) is 6.55.